The molecule has 18 heavy (non-hydrogen) atoms. The minimum Gasteiger partial charge on any atom is -0.369 e. The molecule has 12 heteroatoms. The SMILES string of the molecule is [N-]=[N+]=N[C@H]1C(=O)N(S(=O)(=O)O)[C@H]1COCC(N)=O. The van der Waals surface area contributed by atoms with Gasteiger partial charge in [0.2, 0.25) is 11.8 Å². The predicted molar refractivity (Wildman–Crippen MR) is 55.1 cm³/mol. The first-order chi connectivity index (χ1) is 8.29. The van der Waals surface area contributed by atoms with Crippen molar-refractivity contribution in [2.45, 2.75) is 12.1 Å². The number of hydrogen-bond acceptors (Lipinski definition) is 6. The molecular formula is C6H9N5O6S. The van der Waals surface area contributed by atoms with Crippen molar-refractivity contribution < 1.29 is 27.3 Å². The Morgan fingerprint density at radius 2 is 2.28 bits per heavy atom. The Hall–Kier alpha value is -1.88. The molecule has 1 fully saturated rings. The maximum absolute atomic E-state index is 11.3. The first kappa shape index (κ1) is 14.2. The number of ether oxygens (including phenoxy) is 1. The molecule has 0 aromatic rings. The molecule has 0 unspecified atom stereocenters. The van der Waals surface area contributed by atoms with Crippen LogP contribution < -0.4 is 5.73 Å². The van der Waals surface area contributed by atoms with Gasteiger partial charge >= 0.3 is 10.3 Å². The fourth-order valence-corrected chi connectivity index (χ4v) is 2.26. The minimum atomic E-state index is -4.76. The largest absolute Gasteiger partial charge is 0.369 e. The van der Waals surface area contributed by atoms with Gasteiger partial charge < -0.3 is 10.5 Å². The average Bonchev–Trinajstić information content (AvgIpc) is 2.22. The lowest BCUT2D eigenvalue weighted by Gasteiger charge is -2.41. The normalized spacial score (nSPS) is 23.2. The van der Waals surface area contributed by atoms with E-state index in [4.69, 9.17) is 20.6 Å². The fraction of sp³-hybridized carbons (Fsp3) is 0.667. The number of nitrogens with zero attached hydrogens (tertiary/aromatic N) is 4. The van der Waals surface area contributed by atoms with Gasteiger partial charge in [0.25, 0.3) is 0 Å². The zero-order valence-corrected chi connectivity index (χ0v) is 9.65. The molecule has 0 radical (unpaired) electrons. The first-order valence-corrected chi connectivity index (χ1v) is 5.89. The van der Waals surface area contributed by atoms with Crippen LogP contribution in [0.3, 0.4) is 0 Å². The number of hydrogen-bond donors (Lipinski definition) is 2. The first-order valence-electron chi connectivity index (χ1n) is 4.50. The van der Waals surface area contributed by atoms with Gasteiger partial charge in [-0.3, -0.25) is 14.1 Å². The van der Waals surface area contributed by atoms with Crippen LogP contribution in [0.1, 0.15) is 0 Å². The Morgan fingerprint density at radius 3 is 2.72 bits per heavy atom. The highest BCUT2D eigenvalue weighted by molar-refractivity contribution is 7.84. The van der Waals surface area contributed by atoms with Crippen molar-refractivity contribution >= 4 is 22.1 Å². The Balaban J connectivity index is 2.77. The Labute approximate surface area is 101 Å². The van der Waals surface area contributed by atoms with Crippen molar-refractivity contribution in [1.82, 2.24) is 4.31 Å². The third-order valence-corrected chi connectivity index (χ3v) is 3.04. The molecule has 100 valence electrons. The maximum Gasteiger partial charge on any atom is 0.362 e. The topological polar surface area (TPSA) is 176 Å². The van der Waals surface area contributed by atoms with Crippen molar-refractivity contribution in [3.63, 3.8) is 0 Å². The lowest BCUT2D eigenvalue weighted by Crippen LogP contribution is -2.67. The monoisotopic (exact) mass is 279 g/mol. The molecule has 1 rings (SSSR count). The van der Waals surface area contributed by atoms with E-state index < -0.39 is 47.4 Å². The lowest BCUT2D eigenvalue weighted by atomic mass is 10.0. The van der Waals surface area contributed by atoms with Crippen LogP contribution >= 0.6 is 0 Å². The van der Waals surface area contributed by atoms with Crippen LogP contribution in [0.15, 0.2) is 5.11 Å². The zero-order valence-electron chi connectivity index (χ0n) is 8.83. The maximum atomic E-state index is 11.3. The highest BCUT2D eigenvalue weighted by atomic mass is 32.2. The van der Waals surface area contributed by atoms with E-state index in [9.17, 15) is 18.0 Å². The molecule has 1 aliphatic rings. The molecule has 0 aliphatic carbocycles. The van der Waals surface area contributed by atoms with E-state index >= 15 is 0 Å². The molecule has 1 saturated heterocycles. The number of β-lactam (4-membered cyclic amide) rings is 1. The van der Waals surface area contributed by atoms with Crippen molar-refractivity contribution in [3.8, 4) is 0 Å². The van der Waals surface area contributed by atoms with Gasteiger partial charge in [-0.05, 0) is 5.53 Å². The second-order valence-electron chi connectivity index (χ2n) is 3.31. The third kappa shape index (κ3) is 2.87. The number of primary amides is 1. The van der Waals surface area contributed by atoms with E-state index in [2.05, 4.69) is 10.0 Å². The summed E-state index contributed by atoms with van der Waals surface area (Å²) in [4.78, 5) is 24.1. The van der Waals surface area contributed by atoms with Gasteiger partial charge in [0.15, 0.2) is 0 Å². The highest BCUT2D eigenvalue weighted by Crippen LogP contribution is 2.26. The zero-order chi connectivity index (χ0) is 13.9. The summed E-state index contributed by atoms with van der Waals surface area (Å²) in [6, 6.07) is -2.49. The Morgan fingerprint density at radius 1 is 1.67 bits per heavy atom. The number of amides is 2. The molecule has 11 nitrogen and oxygen atoms in total. The molecule has 0 spiro atoms. The van der Waals surface area contributed by atoms with Crippen molar-refractivity contribution in [1.29, 1.82) is 0 Å². The molecule has 0 aromatic carbocycles. The Bertz CT molecular complexity index is 511. The van der Waals surface area contributed by atoms with E-state index in [-0.39, 0.29) is 4.31 Å². The minimum absolute atomic E-state index is 0.118. The molecule has 1 aliphatic heterocycles. The molecule has 2 atom stereocenters. The number of rotatable bonds is 6. The fourth-order valence-electron chi connectivity index (χ4n) is 1.41. The van der Waals surface area contributed by atoms with Crippen molar-refractivity contribution in [2.24, 2.45) is 10.8 Å². The highest BCUT2D eigenvalue weighted by Gasteiger charge is 2.52. The summed E-state index contributed by atoms with van der Waals surface area (Å²) in [5, 5.41) is 3.07. The predicted octanol–water partition coefficient (Wildman–Crippen LogP) is -1.82. The van der Waals surface area contributed by atoms with E-state index in [1.807, 2.05) is 0 Å². The summed E-state index contributed by atoms with van der Waals surface area (Å²) in [6.07, 6.45) is 0. The van der Waals surface area contributed by atoms with Crippen molar-refractivity contribution in [3.05, 3.63) is 10.4 Å². The van der Waals surface area contributed by atoms with Gasteiger partial charge in [0, 0.05) is 4.91 Å². The van der Waals surface area contributed by atoms with E-state index in [0.29, 0.717) is 0 Å². The van der Waals surface area contributed by atoms with Crippen LogP contribution in [0.4, 0.5) is 0 Å². The van der Waals surface area contributed by atoms with Crippen LogP contribution in [0.2, 0.25) is 0 Å². The average molecular weight is 279 g/mol. The van der Waals surface area contributed by atoms with Gasteiger partial charge in [-0.1, -0.05) is 5.11 Å². The van der Waals surface area contributed by atoms with Gasteiger partial charge in [-0.2, -0.15) is 8.42 Å². The van der Waals surface area contributed by atoms with Gasteiger partial charge in [0.1, 0.15) is 12.6 Å². The quantitative estimate of drug-likeness (QED) is 0.190. The van der Waals surface area contributed by atoms with Gasteiger partial charge in [-0.15, -0.1) is 0 Å². The number of azide groups is 1. The summed E-state index contributed by atoms with van der Waals surface area (Å²) in [5.74, 6) is -1.86. The van der Waals surface area contributed by atoms with E-state index in [1.165, 1.54) is 0 Å². The Kier molecular flexibility index (Phi) is 4.08. The second-order valence-corrected chi connectivity index (χ2v) is 4.60. The molecular weight excluding hydrogens is 270 g/mol. The van der Waals surface area contributed by atoms with E-state index in [0.717, 1.165) is 0 Å². The van der Waals surface area contributed by atoms with Crippen LogP contribution in [0, 0.1) is 0 Å². The van der Waals surface area contributed by atoms with Gasteiger partial charge in [-0.25, -0.2) is 4.31 Å². The number of nitrogens with two attached hydrogens (primary N) is 1. The summed E-state index contributed by atoms with van der Waals surface area (Å²) in [5.41, 5.74) is 13.0. The van der Waals surface area contributed by atoms with Crippen molar-refractivity contribution in [2.75, 3.05) is 13.2 Å². The van der Waals surface area contributed by atoms with Crippen LogP contribution in [0.5, 0.6) is 0 Å². The summed E-state index contributed by atoms with van der Waals surface area (Å²) in [6.45, 7) is -0.912. The third-order valence-electron chi connectivity index (χ3n) is 2.09. The smallest absolute Gasteiger partial charge is 0.362 e. The van der Waals surface area contributed by atoms with Gasteiger partial charge in [0.05, 0.1) is 12.6 Å². The molecule has 2 amide bonds. The molecule has 0 bridgehead atoms. The van der Waals surface area contributed by atoms with Crippen LogP contribution in [-0.2, 0) is 24.6 Å². The number of carbonyl (C=O) groups is 2. The summed E-state index contributed by atoms with van der Waals surface area (Å²) in [7, 11) is -4.76. The lowest BCUT2D eigenvalue weighted by molar-refractivity contribution is -0.143. The van der Waals surface area contributed by atoms with E-state index in [1.54, 1.807) is 0 Å². The standard InChI is InChI=1S/C6H9N5O6S/c7-4(12)2-17-1-3-5(9-10-8)6(13)11(3)18(14,15)16/h3,5H,1-2H2,(H2,7,12)(H,14,15,16)/t3-,5+/m0/s1. The summed E-state index contributed by atoms with van der Waals surface area (Å²) >= 11 is 0. The second kappa shape index (κ2) is 5.18. The van der Waals surface area contributed by atoms with Crippen LogP contribution in [0.25, 0.3) is 10.4 Å². The molecule has 3 N–H and O–H groups in total. The van der Waals surface area contributed by atoms with Crippen LogP contribution in [-0.4, -0.2) is 54.4 Å². The summed E-state index contributed by atoms with van der Waals surface area (Å²) < 4.78 is 35.3. The molecule has 1 heterocycles. The number of carbonyl (C=O) groups excluding carboxylic acids is 2. The molecule has 0 saturated carbocycles. The molecule has 0 aromatic heterocycles.